The molecule has 4 nitrogen and oxygen atoms in total. The van der Waals surface area contributed by atoms with Crippen LogP contribution in [0.3, 0.4) is 0 Å². The molecule has 0 aromatic heterocycles. The van der Waals surface area contributed by atoms with E-state index in [0.717, 1.165) is 32.1 Å². The molecule has 0 radical (unpaired) electrons. The Bertz CT molecular complexity index is 795. The van der Waals surface area contributed by atoms with Gasteiger partial charge in [0.1, 0.15) is 5.78 Å². The molecule has 4 heteroatoms. The van der Waals surface area contributed by atoms with Gasteiger partial charge in [-0.05, 0) is 67.6 Å². The van der Waals surface area contributed by atoms with Crippen molar-refractivity contribution in [1.29, 1.82) is 0 Å². The molecular formula is C27H40O4. The van der Waals surface area contributed by atoms with E-state index >= 15 is 0 Å². The summed E-state index contributed by atoms with van der Waals surface area (Å²) in [4.78, 5) is 14.0. The first kappa shape index (κ1) is 20.9. The monoisotopic (exact) mass is 428 g/mol. The van der Waals surface area contributed by atoms with Crippen molar-refractivity contribution < 1.29 is 19.4 Å². The lowest BCUT2D eigenvalue weighted by Gasteiger charge is -2.57. The smallest absolute Gasteiger partial charge is 0.174 e. The van der Waals surface area contributed by atoms with Crippen molar-refractivity contribution in [2.45, 2.75) is 90.4 Å². The summed E-state index contributed by atoms with van der Waals surface area (Å²) in [6, 6.07) is 0. The van der Waals surface area contributed by atoms with Crippen LogP contribution in [0.4, 0.5) is 0 Å². The zero-order valence-electron chi connectivity index (χ0n) is 19.6. The Morgan fingerprint density at radius 2 is 2.03 bits per heavy atom. The van der Waals surface area contributed by atoms with Gasteiger partial charge < -0.3 is 14.6 Å². The Hall–Kier alpha value is -0.710. The predicted octanol–water partition coefficient (Wildman–Crippen LogP) is 4.89. The normalized spacial score (nSPS) is 55.9. The fourth-order valence-electron chi connectivity index (χ4n) is 9.40. The average Bonchev–Trinajstić information content (AvgIpc) is 3.22. The molecule has 1 unspecified atom stereocenters. The summed E-state index contributed by atoms with van der Waals surface area (Å²) in [5, 5.41) is 10.5. The highest BCUT2D eigenvalue weighted by atomic mass is 16.7. The van der Waals surface area contributed by atoms with Crippen LogP contribution in [0.1, 0.15) is 78.6 Å². The van der Waals surface area contributed by atoms with E-state index in [1.165, 1.54) is 25.7 Å². The highest BCUT2D eigenvalue weighted by Crippen LogP contribution is 2.69. The van der Waals surface area contributed by atoms with E-state index in [9.17, 15) is 9.90 Å². The van der Waals surface area contributed by atoms with Crippen molar-refractivity contribution in [3.05, 3.63) is 11.6 Å². The molecule has 3 saturated carbocycles. The minimum atomic E-state index is -0.670. The largest absolute Gasteiger partial charge is 0.396 e. The fourth-order valence-corrected chi connectivity index (χ4v) is 9.40. The molecule has 4 aliphatic carbocycles. The van der Waals surface area contributed by atoms with Gasteiger partial charge in [0.25, 0.3) is 0 Å². The van der Waals surface area contributed by atoms with Gasteiger partial charge in [0, 0.05) is 30.1 Å². The third kappa shape index (κ3) is 2.62. The molecule has 6 aliphatic rings. The van der Waals surface area contributed by atoms with Gasteiger partial charge in [-0.25, -0.2) is 0 Å². The predicted molar refractivity (Wildman–Crippen MR) is 118 cm³/mol. The molecule has 10 atom stereocenters. The summed E-state index contributed by atoms with van der Waals surface area (Å²) in [5.74, 6) is 1.76. The molecule has 2 saturated heterocycles. The standard InChI is InChI=1S/C27H40O4/c1-16-9-11-27(30-15-16)21(14-28)24-22(31-27)12-20-18-8-7-17-6-4-5-10-25(17,2)19(18)13-23(29)26(20,24)3/h7,16,18-22,24,28H,4-6,8-15H2,1-3H3/t16?,18-,19+,20+,21+,22+,24+,25+,26-,27-/m1/s1. The molecule has 6 rings (SSSR count). The minimum Gasteiger partial charge on any atom is -0.396 e. The zero-order valence-corrected chi connectivity index (χ0v) is 19.6. The number of allylic oxidation sites excluding steroid dienone is 2. The Kier molecular flexibility index (Phi) is 4.64. The summed E-state index contributed by atoms with van der Waals surface area (Å²) in [6.07, 6.45) is 12.4. The number of hydrogen-bond donors (Lipinski definition) is 1. The van der Waals surface area contributed by atoms with E-state index in [0.29, 0.717) is 36.1 Å². The van der Waals surface area contributed by atoms with E-state index in [4.69, 9.17) is 9.47 Å². The van der Waals surface area contributed by atoms with E-state index in [1.54, 1.807) is 5.57 Å². The minimum absolute atomic E-state index is 0.0489. The number of ketones is 1. The van der Waals surface area contributed by atoms with Crippen LogP contribution < -0.4 is 0 Å². The second-order valence-electron chi connectivity index (χ2n) is 12.4. The topological polar surface area (TPSA) is 55.8 Å². The van der Waals surface area contributed by atoms with Crippen molar-refractivity contribution in [2.24, 2.45) is 46.3 Å². The van der Waals surface area contributed by atoms with E-state index < -0.39 is 5.79 Å². The maximum absolute atomic E-state index is 14.0. The van der Waals surface area contributed by atoms with Crippen LogP contribution in [0.2, 0.25) is 0 Å². The molecular weight excluding hydrogens is 388 g/mol. The van der Waals surface area contributed by atoms with Crippen molar-refractivity contribution >= 4 is 5.78 Å². The van der Waals surface area contributed by atoms with Gasteiger partial charge in [-0.1, -0.05) is 38.8 Å². The van der Waals surface area contributed by atoms with Gasteiger partial charge in [0.15, 0.2) is 5.79 Å². The maximum atomic E-state index is 14.0. The van der Waals surface area contributed by atoms with E-state index in [2.05, 4.69) is 26.8 Å². The molecule has 31 heavy (non-hydrogen) atoms. The molecule has 2 aliphatic heterocycles. The van der Waals surface area contributed by atoms with Gasteiger partial charge in [-0.15, -0.1) is 0 Å². The van der Waals surface area contributed by atoms with Crippen molar-refractivity contribution in [3.8, 4) is 0 Å². The van der Waals surface area contributed by atoms with Gasteiger partial charge in [0.05, 0.1) is 19.3 Å². The SMILES string of the molecule is CC1CC[C@@]2(OC1)O[C@H]1C[C@H]3[C@@H]4CC=C5CCCC[C@]5(C)[C@H]4CC(=O)[C@]3(C)[C@H]1[C@@H]2CO. The highest BCUT2D eigenvalue weighted by molar-refractivity contribution is 5.87. The van der Waals surface area contributed by atoms with Crippen LogP contribution >= 0.6 is 0 Å². The quantitative estimate of drug-likeness (QED) is 0.604. The van der Waals surface area contributed by atoms with Crippen LogP contribution in [0.25, 0.3) is 0 Å². The number of aliphatic hydroxyl groups excluding tert-OH is 1. The van der Waals surface area contributed by atoms with Crippen LogP contribution in [0, 0.1) is 46.3 Å². The van der Waals surface area contributed by atoms with Gasteiger partial charge in [0.2, 0.25) is 0 Å². The van der Waals surface area contributed by atoms with Crippen molar-refractivity contribution in [1.82, 2.24) is 0 Å². The van der Waals surface area contributed by atoms with E-state index in [1.807, 2.05) is 0 Å². The average molecular weight is 429 g/mol. The summed E-state index contributed by atoms with van der Waals surface area (Å²) < 4.78 is 13.1. The molecule has 2 heterocycles. The first-order valence-corrected chi connectivity index (χ1v) is 13.0. The third-order valence-corrected chi connectivity index (χ3v) is 11.1. The third-order valence-electron chi connectivity index (χ3n) is 11.1. The lowest BCUT2D eigenvalue weighted by Crippen LogP contribution is -2.56. The van der Waals surface area contributed by atoms with Crippen molar-refractivity contribution in [2.75, 3.05) is 13.2 Å². The first-order chi connectivity index (χ1) is 14.8. The second kappa shape index (κ2) is 6.90. The van der Waals surface area contributed by atoms with Crippen LogP contribution in [-0.4, -0.2) is 36.0 Å². The van der Waals surface area contributed by atoms with Gasteiger partial charge >= 0.3 is 0 Å². The number of hydrogen-bond acceptors (Lipinski definition) is 4. The second-order valence-corrected chi connectivity index (χ2v) is 12.4. The zero-order chi connectivity index (χ0) is 21.6. The number of Topliss-reactive ketones (excluding diaryl/α,β-unsaturated/α-hetero) is 1. The van der Waals surface area contributed by atoms with E-state index in [-0.39, 0.29) is 35.4 Å². The molecule has 0 amide bonds. The number of fused-ring (bicyclic) bond motifs is 7. The number of aliphatic hydroxyl groups is 1. The molecule has 1 N–H and O–H groups in total. The van der Waals surface area contributed by atoms with Gasteiger partial charge in [-0.2, -0.15) is 0 Å². The van der Waals surface area contributed by atoms with Crippen LogP contribution in [0.15, 0.2) is 11.6 Å². The molecule has 0 aromatic rings. The highest BCUT2D eigenvalue weighted by Gasteiger charge is 2.72. The number of carbonyl (C=O) groups excluding carboxylic acids is 1. The fraction of sp³-hybridized carbons (Fsp3) is 0.889. The summed E-state index contributed by atoms with van der Waals surface area (Å²) in [6.45, 7) is 7.66. The lowest BCUT2D eigenvalue weighted by molar-refractivity contribution is -0.277. The summed E-state index contributed by atoms with van der Waals surface area (Å²) >= 11 is 0. The Labute approximate surface area is 187 Å². The summed E-state index contributed by atoms with van der Waals surface area (Å²) in [5.41, 5.74) is 1.48. The van der Waals surface area contributed by atoms with Crippen LogP contribution in [-0.2, 0) is 14.3 Å². The number of rotatable bonds is 1. The van der Waals surface area contributed by atoms with Crippen molar-refractivity contribution in [3.63, 3.8) is 0 Å². The Morgan fingerprint density at radius 1 is 1.19 bits per heavy atom. The number of carbonyl (C=O) groups is 1. The molecule has 0 aromatic carbocycles. The van der Waals surface area contributed by atoms with Gasteiger partial charge in [-0.3, -0.25) is 4.79 Å². The Balaban J connectivity index is 1.35. The first-order valence-electron chi connectivity index (χ1n) is 13.0. The maximum Gasteiger partial charge on any atom is 0.174 e. The molecule has 1 spiro atoms. The molecule has 5 fully saturated rings. The molecule has 172 valence electrons. The summed E-state index contributed by atoms with van der Waals surface area (Å²) in [7, 11) is 0. The van der Waals surface area contributed by atoms with Crippen LogP contribution in [0.5, 0.6) is 0 Å². The Morgan fingerprint density at radius 3 is 2.77 bits per heavy atom. The molecule has 0 bridgehead atoms. The number of ether oxygens (including phenoxy) is 2. The lowest BCUT2D eigenvalue weighted by atomic mass is 9.46.